The lowest BCUT2D eigenvalue weighted by molar-refractivity contribution is -0.143. The molecule has 3 heterocycles. The fraction of sp³-hybridized carbons (Fsp3) is 0.333. The van der Waals surface area contributed by atoms with Crippen LogP contribution in [0.1, 0.15) is 30.0 Å². The molecule has 2 aromatic carbocycles. The second kappa shape index (κ2) is 8.43. The quantitative estimate of drug-likeness (QED) is 0.544. The zero-order valence-corrected chi connectivity index (χ0v) is 20.4. The van der Waals surface area contributed by atoms with E-state index >= 15 is 0 Å². The van der Waals surface area contributed by atoms with Crippen LogP contribution in [0.2, 0.25) is 0 Å². The van der Waals surface area contributed by atoms with E-state index in [-0.39, 0.29) is 19.2 Å². The molecule has 3 aliphatic rings. The fourth-order valence-corrected chi connectivity index (χ4v) is 5.42. The minimum Gasteiger partial charge on any atom is -0.491 e. The van der Waals surface area contributed by atoms with Gasteiger partial charge < -0.3 is 14.4 Å². The van der Waals surface area contributed by atoms with Gasteiger partial charge in [-0.25, -0.2) is 14.1 Å². The van der Waals surface area contributed by atoms with Crippen molar-refractivity contribution in [2.24, 2.45) is 7.05 Å². The number of imide groups is 1. The predicted octanol–water partition coefficient (Wildman–Crippen LogP) is 3.16. The van der Waals surface area contributed by atoms with Crippen LogP contribution < -0.4 is 4.74 Å². The molecule has 190 valence electrons. The van der Waals surface area contributed by atoms with Crippen LogP contribution in [0.4, 0.5) is 9.18 Å². The van der Waals surface area contributed by atoms with Crippen LogP contribution in [0.3, 0.4) is 0 Å². The van der Waals surface area contributed by atoms with Crippen LogP contribution in [-0.4, -0.2) is 56.7 Å². The molecule has 1 fully saturated rings. The Kier molecular flexibility index (Phi) is 5.29. The third kappa shape index (κ3) is 3.75. The number of benzene rings is 2. The minimum atomic E-state index is -1.43. The van der Waals surface area contributed by atoms with Crippen LogP contribution in [0, 0.1) is 5.82 Å². The highest BCUT2D eigenvalue weighted by Gasteiger charge is 2.58. The second-order valence-electron chi connectivity index (χ2n) is 9.79. The fourth-order valence-electron chi connectivity index (χ4n) is 5.42. The number of hydrogen-bond acceptors (Lipinski definition) is 6. The van der Waals surface area contributed by atoms with Crippen molar-refractivity contribution in [2.75, 3.05) is 13.2 Å². The van der Waals surface area contributed by atoms with Gasteiger partial charge in [0.1, 0.15) is 24.7 Å². The number of rotatable bonds is 3. The van der Waals surface area contributed by atoms with Crippen molar-refractivity contribution in [2.45, 2.75) is 38.0 Å². The van der Waals surface area contributed by atoms with Gasteiger partial charge in [-0.05, 0) is 42.7 Å². The van der Waals surface area contributed by atoms with Gasteiger partial charge in [0.15, 0.2) is 0 Å². The van der Waals surface area contributed by atoms with Gasteiger partial charge in [0.2, 0.25) is 11.5 Å². The van der Waals surface area contributed by atoms with Gasteiger partial charge in [-0.3, -0.25) is 14.3 Å². The number of aryl methyl sites for hydroxylation is 2. The van der Waals surface area contributed by atoms with E-state index in [0.717, 1.165) is 21.6 Å². The van der Waals surface area contributed by atoms with Crippen molar-refractivity contribution in [1.29, 1.82) is 0 Å². The summed E-state index contributed by atoms with van der Waals surface area (Å²) >= 11 is 0. The van der Waals surface area contributed by atoms with Crippen molar-refractivity contribution in [3.8, 4) is 16.9 Å². The van der Waals surface area contributed by atoms with Gasteiger partial charge in [-0.15, -0.1) is 0 Å². The van der Waals surface area contributed by atoms with Crippen LogP contribution in [0.15, 0.2) is 48.8 Å². The number of aromatic nitrogens is 2. The molecule has 0 saturated carbocycles. The Morgan fingerprint density at radius 2 is 2.00 bits per heavy atom. The molecule has 0 radical (unpaired) electrons. The molecule has 2 aliphatic heterocycles. The number of ether oxygens (including phenoxy) is 2. The Morgan fingerprint density at radius 3 is 2.78 bits per heavy atom. The molecule has 3 amide bonds. The van der Waals surface area contributed by atoms with Crippen LogP contribution in [-0.2, 0) is 39.9 Å². The summed E-state index contributed by atoms with van der Waals surface area (Å²) in [5.74, 6) is -0.909. The van der Waals surface area contributed by atoms with Crippen molar-refractivity contribution in [1.82, 2.24) is 19.6 Å². The van der Waals surface area contributed by atoms with E-state index in [0.29, 0.717) is 29.7 Å². The second-order valence-corrected chi connectivity index (χ2v) is 9.79. The Labute approximate surface area is 212 Å². The molecular weight excluding hydrogens is 479 g/mol. The summed E-state index contributed by atoms with van der Waals surface area (Å²) in [5.41, 5.74) is 2.58. The maximum absolute atomic E-state index is 13.8. The van der Waals surface area contributed by atoms with Crippen LogP contribution in [0.5, 0.6) is 5.75 Å². The molecule has 1 saturated heterocycles. The van der Waals surface area contributed by atoms with Gasteiger partial charge in [0.05, 0.1) is 12.2 Å². The third-order valence-electron chi connectivity index (χ3n) is 7.39. The van der Waals surface area contributed by atoms with Gasteiger partial charge in [0, 0.05) is 42.9 Å². The molecule has 10 heteroatoms. The number of amides is 3. The number of fused-ring (bicyclic) bond motifs is 3. The third-order valence-corrected chi connectivity index (χ3v) is 7.39. The number of carbonyl (C=O) groups excluding carboxylic acids is 3. The average Bonchev–Trinajstić information content (AvgIpc) is 3.50. The Morgan fingerprint density at radius 1 is 1.16 bits per heavy atom. The van der Waals surface area contributed by atoms with Crippen LogP contribution in [0.25, 0.3) is 11.1 Å². The number of halogens is 1. The molecule has 9 nitrogen and oxygen atoms in total. The summed E-state index contributed by atoms with van der Waals surface area (Å²) < 4.78 is 27.0. The van der Waals surface area contributed by atoms with Crippen molar-refractivity contribution < 1.29 is 28.2 Å². The van der Waals surface area contributed by atoms with E-state index in [2.05, 4.69) is 5.10 Å². The Bertz CT molecular complexity index is 1450. The number of carbonyl (C=O) groups is 3. The zero-order chi connectivity index (χ0) is 25.9. The molecule has 0 bridgehead atoms. The number of hydrogen-bond donors (Lipinski definition) is 0. The highest BCUT2D eigenvalue weighted by atomic mass is 19.1. The van der Waals surface area contributed by atoms with E-state index in [4.69, 9.17) is 9.47 Å². The van der Waals surface area contributed by atoms with Crippen molar-refractivity contribution in [3.05, 3.63) is 71.3 Å². The zero-order valence-electron chi connectivity index (χ0n) is 20.4. The maximum atomic E-state index is 13.8. The first kappa shape index (κ1) is 23.2. The average molecular weight is 505 g/mol. The van der Waals surface area contributed by atoms with Gasteiger partial charge in [-0.2, -0.15) is 5.10 Å². The predicted molar refractivity (Wildman–Crippen MR) is 129 cm³/mol. The highest BCUT2D eigenvalue weighted by Crippen LogP contribution is 2.46. The van der Waals surface area contributed by atoms with Crippen LogP contribution >= 0.6 is 0 Å². The monoisotopic (exact) mass is 504 g/mol. The molecule has 0 N–H and O–H groups in total. The lowest BCUT2D eigenvalue weighted by Gasteiger charge is -2.27. The summed E-state index contributed by atoms with van der Waals surface area (Å²) in [5, 5.41) is 4.21. The minimum absolute atomic E-state index is 0.106. The van der Waals surface area contributed by atoms with Crippen molar-refractivity contribution >= 4 is 17.9 Å². The largest absolute Gasteiger partial charge is 0.491 e. The first-order chi connectivity index (χ1) is 17.7. The van der Waals surface area contributed by atoms with E-state index in [9.17, 15) is 18.8 Å². The topological polar surface area (TPSA) is 94.0 Å². The summed E-state index contributed by atoms with van der Waals surface area (Å²) in [7, 11) is 1.84. The normalized spacial score (nSPS) is 22.5. The van der Waals surface area contributed by atoms with Gasteiger partial charge in [-0.1, -0.05) is 18.2 Å². The first-order valence-corrected chi connectivity index (χ1v) is 12.1. The molecule has 1 aliphatic carbocycles. The standard InChI is InChI=1S/C27H25FN4O5/c1-16-15-36-23-6-4-21(28)10-19(23)13-31(16)24(33)14-32-25(34)27(37-26(32)35)8-7-18-9-17(3-5-22(18)27)20-11-29-30(2)12-20/h3-6,9-12,16H,7-8,13-15H2,1-2H3/t16-,27-/m1/s1. The molecular formula is C27H25FN4O5. The Balaban J connectivity index is 1.23. The first-order valence-electron chi connectivity index (χ1n) is 12.1. The SMILES string of the molecule is C[C@@H]1COc2ccc(F)cc2CN1C(=O)CN1C(=O)O[C@@]2(CCc3cc(-c4cnn(C)c4)ccc32)C1=O. The summed E-state index contributed by atoms with van der Waals surface area (Å²) in [6, 6.07) is 9.52. The van der Waals surface area contributed by atoms with Crippen molar-refractivity contribution in [3.63, 3.8) is 0 Å². The van der Waals surface area contributed by atoms with E-state index in [1.807, 2.05) is 31.4 Å². The summed E-state index contributed by atoms with van der Waals surface area (Å²) in [6.07, 6.45) is 3.71. The molecule has 6 rings (SSSR count). The number of nitrogens with zero attached hydrogens (tertiary/aromatic N) is 4. The van der Waals surface area contributed by atoms with Gasteiger partial charge in [0.25, 0.3) is 5.91 Å². The highest BCUT2D eigenvalue weighted by molar-refractivity contribution is 6.06. The molecule has 1 aromatic heterocycles. The summed E-state index contributed by atoms with van der Waals surface area (Å²) in [6.45, 7) is 1.66. The van der Waals surface area contributed by atoms with E-state index in [1.54, 1.807) is 17.8 Å². The lowest BCUT2D eigenvalue weighted by atomic mass is 9.93. The van der Waals surface area contributed by atoms with E-state index < -0.39 is 35.9 Å². The molecule has 3 aromatic rings. The molecule has 0 unspecified atom stereocenters. The van der Waals surface area contributed by atoms with Gasteiger partial charge >= 0.3 is 6.09 Å². The summed E-state index contributed by atoms with van der Waals surface area (Å²) in [4.78, 5) is 42.2. The maximum Gasteiger partial charge on any atom is 0.418 e. The lowest BCUT2D eigenvalue weighted by Crippen LogP contribution is -2.47. The molecule has 2 atom stereocenters. The smallest absolute Gasteiger partial charge is 0.418 e. The Hall–Kier alpha value is -4.21. The molecule has 37 heavy (non-hydrogen) atoms. The molecule has 1 spiro atoms. The van der Waals surface area contributed by atoms with E-state index in [1.165, 1.54) is 23.1 Å².